The normalized spacial score (nSPS) is 10.8. The molecular weight excluding hydrogens is 366 g/mol. The molecule has 3 rings (SSSR count). The van der Waals surface area contributed by atoms with Gasteiger partial charge >= 0.3 is 0 Å². The van der Waals surface area contributed by atoms with Gasteiger partial charge in [0.2, 0.25) is 0 Å². The second kappa shape index (κ2) is 6.02. The topological polar surface area (TPSA) is 63.5 Å². The van der Waals surface area contributed by atoms with Crippen molar-refractivity contribution in [3.05, 3.63) is 66.8 Å². The Hall–Kier alpha value is -1.99. The first-order valence-electron chi connectivity index (χ1n) is 6.55. The van der Waals surface area contributed by atoms with Gasteiger partial charge in [-0.1, -0.05) is 6.07 Å². The molecule has 3 aromatic rings. The Morgan fingerprint density at radius 1 is 1.36 bits per heavy atom. The van der Waals surface area contributed by atoms with E-state index in [1.807, 2.05) is 25.1 Å². The van der Waals surface area contributed by atoms with E-state index in [-0.39, 0.29) is 11.1 Å². The van der Waals surface area contributed by atoms with Gasteiger partial charge in [-0.05, 0) is 46.6 Å². The fraction of sp³-hybridized carbons (Fsp3) is 0.133. The van der Waals surface area contributed by atoms with Crippen LogP contribution < -0.4 is 10.9 Å². The van der Waals surface area contributed by atoms with E-state index in [0.717, 1.165) is 14.2 Å². The van der Waals surface area contributed by atoms with Crippen LogP contribution in [0.3, 0.4) is 0 Å². The minimum Gasteiger partial charge on any atom is -0.347 e. The minimum atomic E-state index is -0.419. The first-order valence-corrected chi connectivity index (χ1v) is 8.16. The van der Waals surface area contributed by atoms with Crippen LogP contribution in [0.15, 0.2) is 45.2 Å². The van der Waals surface area contributed by atoms with Crippen molar-refractivity contribution in [3.63, 3.8) is 0 Å². The molecule has 1 amide bonds. The number of halogens is 1. The van der Waals surface area contributed by atoms with Gasteiger partial charge < -0.3 is 5.32 Å². The molecule has 7 heteroatoms. The average Bonchev–Trinajstić information content (AvgIpc) is 2.91. The third-order valence-electron chi connectivity index (χ3n) is 3.15. The first kappa shape index (κ1) is 14.9. The van der Waals surface area contributed by atoms with Crippen LogP contribution >= 0.6 is 27.3 Å². The Balaban J connectivity index is 1.87. The maximum Gasteiger partial charge on any atom is 0.270 e. The zero-order chi connectivity index (χ0) is 15.7. The number of hydrogen-bond donors (Lipinski definition) is 1. The number of aromatic nitrogens is 2. The van der Waals surface area contributed by atoms with E-state index < -0.39 is 5.91 Å². The Morgan fingerprint density at radius 3 is 2.91 bits per heavy atom. The fourth-order valence-electron chi connectivity index (χ4n) is 2.05. The van der Waals surface area contributed by atoms with Gasteiger partial charge in [-0.15, -0.1) is 11.3 Å². The molecule has 0 unspecified atom stereocenters. The number of rotatable bonds is 3. The molecule has 3 heterocycles. The summed E-state index contributed by atoms with van der Waals surface area (Å²) in [7, 11) is 0. The maximum absolute atomic E-state index is 12.4. The van der Waals surface area contributed by atoms with Crippen LogP contribution in [0.25, 0.3) is 5.65 Å². The highest BCUT2D eigenvalue weighted by Crippen LogP contribution is 2.21. The number of carbonyl (C=O) groups excluding carboxylic acids is 1. The van der Waals surface area contributed by atoms with E-state index in [1.54, 1.807) is 12.3 Å². The Morgan fingerprint density at radius 2 is 2.18 bits per heavy atom. The predicted molar refractivity (Wildman–Crippen MR) is 89.4 cm³/mol. The molecule has 22 heavy (non-hydrogen) atoms. The smallest absolute Gasteiger partial charge is 0.270 e. The molecule has 0 saturated heterocycles. The zero-order valence-corrected chi connectivity index (χ0v) is 14.1. The van der Waals surface area contributed by atoms with Crippen molar-refractivity contribution < 1.29 is 4.79 Å². The van der Waals surface area contributed by atoms with Crippen LogP contribution in [-0.4, -0.2) is 15.3 Å². The molecule has 0 aliphatic carbocycles. The summed E-state index contributed by atoms with van der Waals surface area (Å²) in [6.07, 6.45) is 3.00. The number of nitrogens with zero attached hydrogens (tertiary/aromatic N) is 2. The van der Waals surface area contributed by atoms with E-state index in [2.05, 4.69) is 26.2 Å². The third-order valence-corrected chi connectivity index (χ3v) is 4.77. The molecule has 0 spiro atoms. The number of amides is 1. The van der Waals surface area contributed by atoms with Crippen molar-refractivity contribution in [2.45, 2.75) is 13.5 Å². The van der Waals surface area contributed by atoms with Crippen molar-refractivity contribution in [2.75, 3.05) is 0 Å². The Labute approximate surface area is 138 Å². The zero-order valence-electron chi connectivity index (χ0n) is 11.7. The van der Waals surface area contributed by atoms with Gasteiger partial charge in [0.25, 0.3) is 11.5 Å². The third kappa shape index (κ3) is 2.95. The molecule has 1 N–H and O–H groups in total. The quantitative estimate of drug-likeness (QED) is 0.763. The summed E-state index contributed by atoms with van der Waals surface area (Å²) in [5, 5.41) is 2.75. The summed E-state index contributed by atoms with van der Waals surface area (Å²) in [5.41, 5.74) is 1.13. The molecule has 0 bridgehead atoms. The van der Waals surface area contributed by atoms with E-state index in [9.17, 15) is 9.59 Å². The lowest BCUT2D eigenvalue weighted by molar-refractivity contribution is 0.0949. The number of nitrogens with one attached hydrogen (secondary N) is 1. The largest absolute Gasteiger partial charge is 0.347 e. The number of hydrogen-bond acceptors (Lipinski definition) is 4. The van der Waals surface area contributed by atoms with Gasteiger partial charge in [-0.3, -0.25) is 14.0 Å². The molecule has 0 aliphatic heterocycles. The Kier molecular flexibility index (Phi) is 4.08. The van der Waals surface area contributed by atoms with E-state index >= 15 is 0 Å². The molecule has 0 radical (unpaired) electrons. The monoisotopic (exact) mass is 377 g/mol. The standard InChI is InChI=1S/C15H12BrN3O2S/c1-9-2-5-13-17-7-11(15(21)19(13)8-9)14(20)18-6-10-3-4-12(16)22-10/h2-5,7-8H,6H2,1H3,(H,18,20). The lowest BCUT2D eigenvalue weighted by Crippen LogP contribution is -2.31. The van der Waals surface area contributed by atoms with Crippen molar-refractivity contribution in [1.82, 2.24) is 14.7 Å². The highest BCUT2D eigenvalue weighted by Gasteiger charge is 2.13. The van der Waals surface area contributed by atoms with Gasteiger partial charge in [0.05, 0.1) is 10.3 Å². The SMILES string of the molecule is Cc1ccc2ncc(C(=O)NCc3ccc(Br)s3)c(=O)n2c1. The van der Waals surface area contributed by atoms with Gasteiger partial charge in [0.1, 0.15) is 11.2 Å². The molecule has 0 aliphatic rings. The van der Waals surface area contributed by atoms with E-state index in [0.29, 0.717) is 12.2 Å². The molecule has 112 valence electrons. The van der Waals surface area contributed by atoms with E-state index in [1.165, 1.54) is 21.9 Å². The van der Waals surface area contributed by atoms with Crippen LogP contribution in [0.5, 0.6) is 0 Å². The second-order valence-corrected chi connectivity index (χ2v) is 7.35. The second-order valence-electron chi connectivity index (χ2n) is 4.80. The number of pyridine rings is 1. The van der Waals surface area contributed by atoms with Gasteiger partial charge in [0.15, 0.2) is 0 Å². The lowest BCUT2D eigenvalue weighted by Gasteiger charge is -2.06. The summed E-state index contributed by atoms with van der Waals surface area (Å²) in [6, 6.07) is 7.46. The van der Waals surface area contributed by atoms with Crippen LogP contribution in [0.1, 0.15) is 20.8 Å². The fourth-order valence-corrected chi connectivity index (χ4v) is 3.47. The molecule has 5 nitrogen and oxygen atoms in total. The van der Waals surface area contributed by atoms with Crippen LogP contribution in [0.4, 0.5) is 0 Å². The molecule has 0 saturated carbocycles. The van der Waals surface area contributed by atoms with Crippen molar-refractivity contribution in [1.29, 1.82) is 0 Å². The Bertz CT molecular complexity index is 917. The summed E-state index contributed by atoms with van der Waals surface area (Å²) in [5.74, 6) is -0.419. The summed E-state index contributed by atoms with van der Waals surface area (Å²) in [4.78, 5) is 29.8. The number of thiophene rings is 1. The summed E-state index contributed by atoms with van der Waals surface area (Å²) in [6.45, 7) is 2.26. The number of fused-ring (bicyclic) bond motifs is 1. The summed E-state index contributed by atoms with van der Waals surface area (Å²) >= 11 is 4.91. The van der Waals surface area contributed by atoms with Crippen molar-refractivity contribution in [3.8, 4) is 0 Å². The highest BCUT2D eigenvalue weighted by atomic mass is 79.9. The molecule has 0 aromatic carbocycles. The predicted octanol–water partition coefficient (Wildman–Crippen LogP) is 2.76. The van der Waals surface area contributed by atoms with Crippen molar-refractivity contribution in [2.24, 2.45) is 0 Å². The van der Waals surface area contributed by atoms with Crippen molar-refractivity contribution >= 4 is 38.8 Å². The van der Waals surface area contributed by atoms with Gasteiger partial charge in [-0.2, -0.15) is 0 Å². The molecule has 3 aromatic heterocycles. The van der Waals surface area contributed by atoms with Crippen LogP contribution in [0.2, 0.25) is 0 Å². The highest BCUT2D eigenvalue weighted by molar-refractivity contribution is 9.11. The first-order chi connectivity index (χ1) is 10.5. The average molecular weight is 378 g/mol. The number of aryl methyl sites for hydroxylation is 1. The molecular formula is C15H12BrN3O2S. The molecule has 0 atom stereocenters. The molecule has 0 fully saturated rings. The summed E-state index contributed by atoms with van der Waals surface area (Å²) < 4.78 is 2.39. The van der Waals surface area contributed by atoms with Gasteiger partial charge in [-0.25, -0.2) is 4.98 Å². The van der Waals surface area contributed by atoms with E-state index in [4.69, 9.17) is 0 Å². The minimum absolute atomic E-state index is 0.0405. The van der Waals surface area contributed by atoms with Gasteiger partial charge in [0, 0.05) is 17.3 Å². The lowest BCUT2D eigenvalue weighted by atomic mass is 10.2. The van der Waals surface area contributed by atoms with Crippen LogP contribution in [-0.2, 0) is 6.54 Å². The van der Waals surface area contributed by atoms with Crippen LogP contribution in [0, 0.1) is 6.92 Å². The number of carbonyl (C=O) groups is 1. The maximum atomic E-state index is 12.4.